The predicted molar refractivity (Wildman–Crippen MR) is 107 cm³/mol. The van der Waals surface area contributed by atoms with E-state index >= 15 is 0 Å². The van der Waals surface area contributed by atoms with E-state index in [1.54, 1.807) is 52.0 Å². The van der Waals surface area contributed by atoms with Crippen LogP contribution in [-0.2, 0) is 28.9 Å². The van der Waals surface area contributed by atoms with Crippen LogP contribution >= 0.6 is 23.5 Å². The molecule has 1 N–H and O–H groups in total. The molecule has 0 fully saturated rings. The highest BCUT2D eigenvalue weighted by Crippen LogP contribution is 2.67. The van der Waals surface area contributed by atoms with Gasteiger partial charge in [0.1, 0.15) is 0 Å². The molecular formula is C17H23BrNO6PS. The molecule has 0 aliphatic heterocycles. The van der Waals surface area contributed by atoms with Crippen molar-refractivity contribution in [3.63, 3.8) is 0 Å². The Kier molecular flexibility index (Phi) is 6.56. The van der Waals surface area contributed by atoms with Crippen molar-refractivity contribution in [3.05, 3.63) is 46.0 Å². The molecule has 0 aromatic heterocycles. The fraction of sp³-hybridized carbons (Fsp3) is 0.471. The maximum absolute atomic E-state index is 14.1. The highest BCUT2D eigenvalue weighted by atomic mass is 79.9. The van der Waals surface area contributed by atoms with E-state index in [1.165, 1.54) is 6.08 Å². The molecule has 10 heteroatoms. The zero-order valence-electron chi connectivity index (χ0n) is 15.7. The number of hydrogen-bond donors (Lipinski definition) is 1. The summed E-state index contributed by atoms with van der Waals surface area (Å²) in [5, 5.41) is -1.89. The quantitative estimate of drug-likeness (QED) is 0.595. The maximum atomic E-state index is 14.1. The van der Waals surface area contributed by atoms with Gasteiger partial charge in [-0.15, -0.1) is 0 Å². The average Bonchev–Trinajstić information content (AvgIpc) is 2.49. The van der Waals surface area contributed by atoms with Gasteiger partial charge in [0.05, 0.1) is 22.9 Å². The number of fused-ring (bicyclic) bond motifs is 1. The fourth-order valence-corrected chi connectivity index (χ4v) is 7.55. The van der Waals surface area contributed by atoms with Crippen molar-refractivity contribution in [2.45, 2.75) is 45.2 Å². The summed E-state index contributed by atoms with van der Waals surface area (Å²) < 4.78 is 52.5. The molecular weight excluding hydrogens is 457 g/mol. The third-order valence-electron chi connectivity index (χ3n) is 3.61. The fourth-order valence-electron chi connectivity index (χ4n) is 2.86. The zero-order chi connectivity index (χ0) is 20.6. The molecule has 1 atom stereocenters. The molecule has 2 rings (SSSR count). The van der Waals surface area contributed by atoms with Crippen LogP contribution in [0.3, 0.4) is 0 Å². The molecule has 0 spiro atoms. The van der Waals surface area contributed by atoms with E-state index < -0.39 is 35.1 Å². The summed E-state index contributed by atoms with van der Waals surface area (Å²) in [6.45, 7) is 6.68. The SMILES string of the molecule is CC(C)OP(=O)(OC(C)C)C1(NS(C)(=O)=O)C=C(Br)C(=O)c2ccccc21. The second kappa shape index (κ2) is 7.89. The van der Waals surface area contributed by atoms with Gasteiger partial charge in [-0.2, -0.15) is 4.72 Å². The van der Waals surface area contributed by atoms with Crippen molar-refractivity contribution in [3.8, 4) is 0 Å². The number of benzene rings is 1. The Balaban J connectivity index is 2.91. The molecule has 1 unspecified atom stereocenters. The van der Waals surface area contributed by atoms with Crippen molar-refractivity contribution in [1.29, 1.82) is 0 Å². The first-order chi connectivity index (χ1) is 12.3. The topological polar surface area (TPSA) is 98.8 Å². The summed E-state index contributed by atoms with van der Waals surface area (Å²) in [4.78, 5) is 12.6. The van der Waals surface area contributed by atoms with Crippen LogP contribution in [0.5, 0.6) is 0 Å². The number of nitrogens with one attached hydrogen (secondary N) is 1. The highest BCUT2D eigenvalue weighted by molar-refractivity contribution is 9.12. The van der Waals surface area contributed by atoms with Gasteiger partial charge in [-0.1, -0.05) is 24.3 Å². The van der Waals surface area contributed by atoms with Crippen LogP contribution in [0.1, 0.15) is 43.6 Å². The van der Waals surface area contributed by atoms with Crippen LogP contribution in [0, 0.1) is 0 Å². The molecule has 0 bridgehead atoms. The molecule has 0 saturated heterocycles. The van der Waals surface area contributed by atoms with Crippen molar-refractivity contribution < 1.29 is 26.8 Å². The third kappa shape index (κ3) is 4.60. The number of hydrogen-bond acceptors (Lipinski definition) is 6. The molecule has 1 aromatic rings. The van der Waals surface area contributed by atoms with Gasteiger partial charge in [0.25, 0.3) is 0 Å². The molecule has 0 radical (unpaired) electrons. The first-order valence-electron chi connectivity index (χ1n) is 8.30. The van der Waals surface area contributed by atoms with Gasteiger partial charge in [0.15, 0.2) is 11.1 Å². The number of carbonyl (C=O) groups is 1. The van der Waals surface area contributed by atoms with E-state index in [4.69, 9.17) is 9.05 Å². The Bertz CT molecular complexity index is 913. The van der Waals surface area contributed by atoms with E-state index in [0.717, 1.165) is 6.26 Å². The maximum Gasteiger partial charge on any atom is 0.360 e. The standard InChI is InChI=1S/C17H23BrNO6PS/c1-11(2)24-26(21,25-12(3)4)17(19-27(5,22)23)10-15(18)16(20)13-8-6-7-9-14(13)17/h6-12,19H,1-5H3. The molecule has 1 aliphatic carbocycles. The van der Waals surface area contributed by atoms with E-state index in [2.05, 4.69) is 20.7 Å². The number of carbonyl (C=O) groups excluding carboxylic acids is 1. The largest absolute Gasteiger partial charge is 0.360 e. The summed E-state index contributed by atoms with van der Waals surface area (Å²) in [7, 11) is -8.06. The molecule has 150 valence electrons. The summed E-state index contributed by atoms with van der Waals surface area (Å²) in [6.07, 6.45) is 1.17. The molecule has 0 saturated carbocycles. The van der Waals surface area contributed by atoms with Gasteiger partial charge in [0, 0.05) is 11.1 Å². The number of ketones is 1. The van der Waals surface area contributed by atoms with Crippen LogP contribution < -0.4 is 4.72 Å². The van der Waals surface area contributed by atoms with Gasteiger partial charge in [0.2, 0.25) is 10.0 Å². The molecule has 0 heterocycles. The lowest BCUT2D eigenvalue weighted by Gasteiger charge is -2.41. The number of sulfonamides is 1. The minimum Gasteiger partial charge on any atom is -0.304 e. The minimum atomic E-state index is -4.18. The first kappa shape index (κ1) is 22.5. The zero-order valence-corrected chi connectivity index (χ0v) is 19.0. The normalized spacial score (nSPS) is 20.7. The van der Waals surface area contributed by atoms with Crippen LogP contribution in [0.15, 0.2) is 34.8 Å². The smallest absolute Gasteiger partial charge is 0.304 e. The summed E-state index contributed by atoms with van der Waals surface area (Å²) >= 11 is 3.18. The van der Waals surface area contributed by atoms with Crippen molar-refractivity contribution >= 4 is 39.3 Å². The lowest BCUT2D eigenvalue weighted by Crippen LogP contribution is -2.48. The monoisotopic (exact) mass is 479 g/mol. The average molecular weight is 480 g/mol. The van der Waals surface area contributed by atoms with Crippen molar-refractivity contribution in [1.82, 2.24) is 4.72 Å². The van der Waals surface area contributed by atoms with Crippen LogP contribution in [0.2, 0.25) is 0 Å². The number of allylic oxidation sites excluding steroid dienone is 1. The Morgan fingerprint density at radius 3 is 2.11 bits per heavy atom. The first-order valence-corrected chi connectivity index (χ1v) is 12.5. The summed E-state index contributed by atoms with van der Waals surface area (Å²) in [6, 6.07) is 6.36. The Morgan fingerprint density at radius 1 is 1.11 bits per heavy atom. The second-order valence-corrected chi connectivity index (χ2v) is 11.5. The highest BCUT2D eigenvalue weighted by Gasteiger charge is 2.57. The van der Waals surface area contributed by atoms with Gasteiger partial charge in [-0.3, -0.25) is 9.36 Å². The van der Waals surface area contributed by atoms with Crippen LogP contribution in [0.4, 0.5) is 0 Å². The van der Waals surface area contributed by atoms with E-state index in [-0.39, 0.29) is 21.4 Å². The van der Waals surface area contributed by atoms with Gasteiger partial charge >= 0.3 is 7.60 Å². The van der Waals surface area contributed by atoms with Gasteiger partial charge < -0.3 is 9.05 Å². The van der Waals surface area contributed by atoms with Crippen LogP contribution in [-0.4, -0.2) is 32.7 Å². The number of halogens is 1. The van der Waals surface area contributed by atoms with E-state index in [9.17, 15) is 17.8 Å². The van der Waals surface area contributed by atoms with Gasteiger partial charge in [-0.25, -0.2) is 8.42 Å². The number of Topliss-reactive ketones (excluding diaryl/α,β-unsaturated/α-hetero) is 1. The van der Waals surface area contributed by atoms with E-state index in [0.29, 0.717) is 0 Å². The molecule has 7 nitrogen and oxygen atoms in total. The molecule has 1 aliphatic rings. The van der Waals surface area contributed by atoms with Crippen molar-refractivity contribution in [2.24, 2.45) is 0 Å². The molecule has 1 aromatic carbocycles. The third-order valence-corrected chi connectivity index (χ3v) is 7.78. The molecule has 27 heavy (non-hydrogen) atoms. The van der Waals surface area contributed by atoms with E-state index in [1.807, 2.05) is 0 Å². The minimum absolute atomic E-state index is 0.0669. The van der Waals surface area contributed by atoms with Crippen molar-refractivity contribution in [2.75, 3.05) is 6.26 Å². The Labute approximate surface area is 168 Å². The molecule has 0 amide bonds. The summed E-state index contributed by atoms with van der Waals surface area (Å²) in [5.41, 5.74) is 0.427. The lowest BCUT2D eigenvalue weighted by atomic mass is 9.92. The Hall–Kier alpha value is -0.830. The van der Waals surface area contributed by atoms with Gasteiger partial charge in [-0.05, 0) is 49.7 Å². The lowest BCUT2D eigenvalue weighted by molar-refractivity contribution is 0.103. The predicted octanol–water partition coefficient (Wildman–Crippen LogP) is 3.91. The summed E-state index contributed by atoms with van der Waals surface area (Å²) in [5.74, 6) is -0.350. The second-order valence-electron chi connectivity index (χ2n) is 6.81. The van der Waals surface area contributed by atoms with Crippen LogP contribution in [0.25, 0.3) is 0 Å². The number of rotatable bonds is 7. The Morgan fingerprint density at radius 2 is 1.63 bits per heavy atom.